The Kier molecular flexibility index (Phi) is 5.72. The van der Waals surface area contributed by atoms with Gasteiger partial charge in [0.15, 0.2) is 0 Å². The van der Waals surface area contributed by atoms with Gasteiger partial charge in [0.2, 0.25) is 0 Å². The molecule has 120 valence electrons. The summed E-state index contributed by atoms with van der Waals surface area (Å²) in [4.78, 5) is 23.6. The van der Waals surface area contributed by atoms with Crippen molar-refractivity contribution in [2.45, 2.75) is 51.0 Å². The minimum Gasteiger partial charge on any atom is -0.467 e. The van der Waals surface area contributed by atoms with Gasteiger partial charge >= 0.3 is 5.97 Å². The second-order valence-corrected chi connectivity index (χ2v) is 5.96. The van der Waals surface area contributed by atoms with Crippen LogP contribution in [-0.4, -0.2) is 31.1 Å². The normalized spacial score (nSPS) is 20.3. The van der Waals surface area contributed by atoms with E-state index in [1.54, 1.807) is 0 Å². The molecule has 1 aromatic rings. The van der Waals surface area contributed by atoms with E-state index in [0.29, 0.717) is 19.3 Å². The summed E-state index contributed by atoms with van der Waals surface area (Å²) in [5.41, 5.74) is 1.94. The average molecular weight is 304 g/mol. The summed E-state index contributed by atoms with van der Waals surface area (Å²) in [5.74, 6) is -0.201. The first-order chi connectivity index (χ1) is 10.6. The SMILES string of the molecule is CCCC(=O)CC1(OCC(=O)OC)CCc2ccccc2C1. The third-order valence-corrected chi connectivity index (χ3v) is 4.25. The highest BCUT2D eigenvalue weighted by molar-refractivity contribution is 5.79. The fourth-order valence-electron chi connectivity index (χ4n) is 3.09. The highest BCUT2D eigenvalue weighted by Crippen LogP contribution is 2.34. The quantitative estimate of drug-likeness (QED) is 0.727. The predicted octanol–water partition coefficient (Wildman–Crippen LogP) is 2.86. The molecule has 4 nitrogen and oxygen atoms in total. The molecule has 0 aromatic heterocycles. The van der Waals surface area contributed by atoms with E-state index < -0.39 is 11.6 Å². The maximum absolute atomic E-state index is 12.1. The van der Waals surface area contributed by atoms with Crippen LogP contribution in [0.4, 0.5) is 0 Å². The molecule has 1 aliphatic rings. The zero-order valence-corrected chi connectivity index (χ0v) is 13.4. The zero-order chi connectivity index (χ0) is 16.0. The number of hydrogen-bond acceptors (Lipinski definition) is 4. The number of rotatable bonds is 7. The molecule has 22 heavy (non-hydrogen) atoms. The zero-order valence-electron chi connectivity index (χ0n) is 13.4. The summed E-state index contributed by atoms with van der Waals surface area (Å²) in [6, 6.07) is 8.23. The van der Waals surface area contributed by atoms with Crippen molar-refractivity contribution in [2.24, 2.45) is 0 Å². The van der Waals surface area contributed by atoms with Gasteiger partial charge in [-0.15, -0.1) is 0 Å². The van der Waals surface area contributed by atoms with Crippen molar-refractivity contribution in [3.63, 3.8) is 0 Å². The van der Waals surface area contributed by atoms with Gasteiger partial charge in [0.25, 0.3) is 0 Å². The lowest BCUT2D eigenvalue weighted by Crippen LogP contribution is -2.42. The molecule has 0 amide bonds. The second kappa shape index (κ2) is 7.54. The van der Waals surface area contributed by atoms with Crippen molar-refractivity contribution in [3.05, 3.63) is 35.4 Å². The number of ether oxygens (including phenoxy) is 2. The Hall–Kier alpha value is -1.68. The minimum atomic E-state index is -0.575. The Morgan fingerprint density at radius 1 is 1.23 bits per heavy atom. The molecule has 1 atom stereocenters. The number of methoxy groups -OCH3 is 1. The van der Waals surface area contributed by atoms with E-state index in [1.807, 2.05) is 19.1 Å². The fraction of sp³-hybridized carbons (Fsp3) is 0.556. The smallest absolute Gasteiger partial charge is 0.331 e. The van der Waals surface area contributed by atoms with E-state index in [-0.39, 0.29) is 12.4 Å². The lowest BCUT2D eigenvalue weighted by atomic mass is 9.77. The van der Waals surface area contributed by atoms with Crippen molar-refractivity contribution >= 4 is 11.8 Å². The van der Waals surface area contributed by atoms with Crippen LogP contribution < -0.4 is 0 Å². The summed E-state index contributed by atoms with van der Waals surface area (Å²) in [5, 5.41) is 0. The minimum absolute atomic E-state index is 0.0991. The molecule has 0 radical (unpaired) electrons. The van der Waals surface area contributed by atoms with Crippen LogP contribution in [0.15, 0.2) is 24.3 Å². The van der Waals surface area contributed by atoms with Gasteiger partial charge in [0.05, 0.1) is 12.7 Å². The molecular formula is C18H24O4. The number of fused-ring (bicyclic) bond motifs is 1. The monoisotopic (exact) mass is 304 g/mol. The summed E-state index contributed by atoms with van der Waals surface area (Å²) in [6.07, 6.45) is 4.07. The van der Waals surface area contributed by atoms with Crippen LogP contribution in [0.5, 0.6) is 0 Å². The molecule has 0 heterocycles. The first-order valence-electron chi connectivity index (χ1n) is 7.88. The number of hydrogen-bond donors (Lipinski definition) is 0. The Labute approximate surface area is 131 Å². The van der Waals surface area contributed by atoms with Crippen LogP contribution in [0.2, 0.25) is 0 Å². The van der Waals surface area contributed by atoms with Crippen molar-refractivity contribution in [3.8, 4) is 0 Å². The van der Waals surface area contributed by atoms with Crippen LogP contribution in [0.3, 0.4) is 0 Å². The largest absolute Gasteiger partial charge is 0.467 e. The predicted molar refractivity (Wildman–Crippen MR) is 83.7 cm³/mol. The van der Waals surface area contributed by atoms with Gasteiger partial charge in [-0.2, -0.15) is 0 Å². The van der Waals surface area contributed by atoms with E-state index in [4.69, 9.17) is 4.74 Å². The maximum atomic E-state index is 12.1. The molecule has 4 heteroatoms. The van der Waals surface area contributed by atoms with E-state index in [9.17, 15) is 9.59 Å². The third kappa shape index (κ3) is 4.17. The molecule has 2 rings (SSSR count). The van der Waals surface area contributed by atoms with Crippen LogP contribution >= 0.6 is 0 Å². The maximum Gasteiger partial charge on any atom is 0.331 e. The topological polar surface area (TPSA) is 52.6 Å². The molecule has 0 saturated carbocycles. The molecule has 0 bridgehead atoms. The molecule has 0 aliphatic heterocycles. The van der Waals surface area contributed by atoms with Gasteiger partial charge in [-0.25, -0.2) is 4.79 Å². The number of ketones is 1. The van der Waals surface area contributed by atoms with Crippen LogP contribution in [0, 0.1) is 0 Å². The first kappa shape index (κ1) is 16.7. The number of Topliss-reactive ketones (excluding diaryl/α,β-unsaturated/α-hetero) is 1. The number of carbonyl (C=O) groups is 2. The standard InChI is InChI=1S/C18H24O4/c1-3-6-16(19)12-18(22-13-17(20)21-2)10-9-14-7-4-5-8-15(14)11-18/h4-5,7-8H,3,6,9-13H2,1-2H3. The third-order valence-electron chi connectivity index (χ3n) is 4.25. The second-order valence-electron chi connectivity index (χ2n) is 5.96. The summed E-state index contributed by atoms with van der Waals surface area (Å²) in [6.45, 7) is 1.90. The highest BCUT2D eigenvalue weighted by atomic mass is 16.6. The van der Waals surface area contributed by atoms with Gasteiger partial charge in [-0.3, -0.25) is 4.79 Å². The molecule has 1 aliphatic carbocycles. The number of benzene rings is 1. The molecular weight excluding hydrogens is 280 g/mol. The van der Waals surface area contributed by atoms with Gasteiger partial charge in [-0.1, -0.05) is 31.2 Å². The molecule has 0 saturated heterocycles. The van der Waals surface area contributed by atoms with E-state index in [2.05, 4.69) is 16.9 Å². The van der Waals surface area contributed by atoms with E-state index >= 15 is 0 Å². The average Bonchev–Trinajstić information content (AvgIpc) is 2.52. The van der Waals surface area contributed by atoms with Gasteiger partial charge in [-0.05, 0) is 30.4 Å². The van der Waals surface area contributed by atoms with Crippen molar-refractivity contribution < 1.29 is 19.1 Å². The number of esters is 1. The lowest BCUT2D eigenvalue weighted by molar-refractivity contribution is -0.157. The van der Waals surface area contributed by atoms with Gasteiger partial charge < -0.3 is 9.47 Å². The highest BCUT2D eigenvalue weighted by Gasteiger charge is 2.37. The van der Waals surface area contributed by atoms with E-state index in [1.165, 1.54) is 18.2 Å². The first-order valence-corrected chi connectivity index (χ1v) is 7.88. The van der Waals surface area contributed by atoms with Gasteiger partial charge in [0.1, 0.15) is 12.4 Å². The summed E-state index contributed by atoms with van der Waals surface area (Å²) in [7, 11) is 1.34. The fourth-order valence-corrected chi connectivity index (χ4v) is 3.09. The Balaban J connectivity index is 2.15. The van der Waals surface area contributed by atoms with Gasteiger partial charge in [0, 0.05) is 19.3 Å². The molecule has 1 unspecified atom stereocenters. The Bertz CT molecular complexity index is 538. The molecule has 0 spiro atoms. The lowest BCUT2D eigenvalue weighted by Gasteiger charge is -2.37. The van der Waals surface area contributed by atoms with E-state index in [0.717, 1.165) is 19.3 Å². The van der Waals surface area contributed by atoms with Crippen LogP contribution in [0.25, 0.3) is 0 Å². The van der Waals surface area contributed by atoms with Crippen molar-refractivity contribution in [1.82, 2.24) is 0 Å². The Morgan fingerprint density at radius 3 is 2.64 bits per heavy atom. The molecule has 1 aromatic carbocycles. The molecule has 0 N–H and O–H groups in total. The number of carbonyl (C=O) groups excluding carboxylic acids is 2. The van der Waals surface area contributed by atoms with Crippen molar-refractivity contribution in [2.75, 3.05) is 13.7 Å². The Morgan fingerprint density at radius 2 is 1.95 bits per heavy atom. The van der Waals surface area contributed by atoms with Crippen molar-refractivity contribution in [1.29, 1.82) is 0 Å². The summed E-state index contributed by atoms with van der Waals surface area (Å²) >= 11 is 0. The van der Waals surface area contributed by atoms with Crippen LogP contribution in [-0.2, 0) is 31.9 Å². The summed E-state index contributed by atoms with van der Waals surface area (Å²) < 4.78 is 10.6. The molecule has 0 fully saturated rings. The number of aryl methyl sites for hydroxylation is 1. The van der Waals surface area contributed by atoms with Crippen LogP contribution in [0.1, 0.15) is 43.7 Å².